The molecule has 0 aliphatic rings. The number of aryl methyl sites for hydroxylation is 2. The first kappa shape index (κ1) is 31.0. The van der Waals surface area contributed by atoms with Crippen molar-refractivity contribution in [1.82, 2.24) is 14.5 Å². The third kappa shape index (κ3) is 10.6. The van der Waals surface area contributed by atoms with Gasteiger partial charge in [0, 0.05) is 37.6 Å². The highest BCUT2D eigenvalue weighted by Gasteiger charge is 2.40. The summed E-state index contributed by atoms with van der Waals surface area (Å²) in [5.74, 6) is -2.82. The Kier molecular flexibility index (Phi) is 11.6. The SMILES string of the molecule is COc1ccc(F)c(CN(CCCn2ccnc2)Cc2ccc(C)o2)c1.O=C(O)CC(O)(CC(=O)O)C(=O)O. The molecule has 0 spiro atoms. The summed E-state index contributed by atoms with van der Waals surface area (Å²) < 4.78 is 27.2. The fraction of sp³-hybridized carbons (Fsp3) is 0.385. The van der Waals surface area contributed by atoms with Gasteiger partial charge in [-0.1, -0.05) is 0 Å². The molecule has 0 aliphatic heterocycles. The van der Waals surface area contributed by atoms with Crippen molar-refractivity contribution in [3.63, 3.8) is 0 Å². The van der Waals surface area contributed by atoms with Crippen LogP contribution in [-0.4, -0.2) is 72.0 Å². The summed E-state index contributed by atoms with van der Waals surface area (Å²) in [4.78, 5) is 36.7. The zero-order valence-corrected chi connectivity index (χ0v) is 21.6. The summed E-state index contributed by atoms with van der Waals surface area (Å²) in [5, 5.41) is 33.8. The van der Waals surface area contributed by atoms with Gasteiger partial charge in [0.2, 0.25) is 0 Å². The van der Waals surface area contributed by atoms with Gasteiger partial charge in [0.15, 0.2) is 5.60 Å². The molecule has 3 rings (SSSR count). The second-order valence-corrected chi connectivity index (χ2v) is 8.81. The van der Waals surface area contributed by atoms with E-state index in [1.54, 1.807) is 25.4 Å². The van der Waals surface area contributed by atoms with Crippen molar-refractivity contribution in [3.05, 3.63) is 72.0 Å². The fourth-order valence-corrected chi connectivity index (χ4v) is 3.65. The van der Waals surface area contributed by atoms with E-state index < -0.39 is 36.4 Å². The number of carboxylic acid groups (broad SMARTS) is 3. The van der Waals surface area contributed by atoms with Crippen LogP contribution in [0.1, 0.15) is 36.3 Å². The van der Waals surface area contributed by atoms with E-state index in [-0.39, 0.29) is 5.82 Å². The van der Waals surface area contributed by atoms with Gasteiger partial charge >= 0.3 is 17.9 Å². The molecule has 0 saturated heterocycles. The number of ether oxygens (including phenoxy) is 1. The predicted octanol–water partition coefficient (Wildman–Crippen LogP) is 2.78. The molecule has 3 aromatic rings. The van der Waals surface area contributed by atoms with E-state index in [0.717, 1.165) is 31.0 Å². The van der Waals surface area contributed by atoms with E-state index in [1.807, 2.05) is 36.1 Å². The van der Waals surface area contributed by atoms with Crippen LogP contribution in [0.4, 0.5) is 4.39 Å². The first-order valence-corrected chi connectivity index (χ1v) is 11.9. The molecule has 1 aromatic carbocycles. The summed E-state index contributed by atoms with van der Waals surface area (Å²) in [7, 11) is 1.59. The lowest BCUT2D eigenvalue weighted by Crippen LogP contribution is -2.42. The van der Waals surface area contributed by atoms with Gasteiger partial charge in [0.1, 0.15) is 23.1 Å². The van der Waals surface area contributed by atoms with Crippen molar-refractivity contribution in [2.24, 2.45) is 0 Å². The number of furan rings is 1. The molecular weight excluding hydrogens is 517 g/mol. The monoisotopic (exact) mass is 549 g/mol. The number of hydrogen-bond acceptors (Lipinski definition) is 8. The van der Waals surface area contributed by atoms with Crippen LogP contribution in [0.2, 0.25) is 0 Å². The average Bonchev–Trinajstić information content (AvgIpc) is 3.51. The minimum Gasteiger partial charge on any atom is -0.497 e. The second-order valence-electron chi connectivity index (χ2n) is 8.81. The number of carbonyl (C=O) groups is 3. The molecule has 2 aromatic heterocycles. The van der Waals surface area contributed by atoms with E-state index in [1.165, 1.54) is 6.07 Å². The molecule has 0 bridgehead atoms. The van der Waals surface area contributed by atoms with E-state index >= 15 is 0 Å². The van der Waals surface area contributed by atoms with Crippen LogP contribution in [0.3, 0.4) is 0 Å². The van der Waals surface area contributed by atoms with E-state index in [2.05, 4.69) is 9.88 Å². The van der Waals surface area contributed by atoms with Crippen molar-refractivity contribution < 1.29 is 48.4 Å². The number of aliphatic hydroxyl groups is 1. The molecule has 0 fully saturated rings. The largest absolute Gasteiger partial charge is 0.497 e. The van der Waals surface area contributed by atoms with Gasteiger partial charge in [0.05, 0.1) is 32.8 Å². The number of methoxy groups -OCH3 is 1. The molecule has 39 heavy (non-hydrogen) atoms. The number of aromatic nitrogens is 2. The minimum absolute atomic E-state index is 0.221. The smallest absolute Gasteiger partial charge is 0.336 e. The maximum Gasteiger partial charge on any atom is 0.336 e. The van der Waals surface area contributed by atoms with Crippen LogP contribution in [0.25, 0.3) is 0 Å². The topological polar surface area (TPSA) is 176 Å². The predicted molar refractivity (Wildman–Crippen MR) is 134 cm³/mol. The summed E-state index contributed by atoms with van der Waals surface area (Å²) >= 11 is 0. The molecule has 13 heteroatoms. The Hall–Kier alpha value is -4.23. The van der Waals surface area contributed by atoms with Crippen LogP contribution >= 0.6 is 0 Å². The zero-order chi connectivity index (χ0) is 29.0. The number of halogens is 1. The number of rotatable bonds is 14. The fourth-order valence-electron chi connectivity index (χ4n) is 3.65. The number of imidazole rings is 1. The number of hydrogen-bond donors (Lipinski definition) is 4. The number of carboxylic acids is 3. The lowest BCUT2D eigenvalue weighted by molar-refractivity contribution is -0.170. The molecule has 0 atom stereocenters. The molecule has 0 aliphatic carbocycles. The summed E-state index contributed by atoms with van der Waals surface area (Å²) in [5.41, 5.74) is -2.12. The van der Waals surface area contributed by atoms with E-state index in [4.69, 9.17) is 29.6 Å². The third-order valence-corrected chi connectivity index (χ3v) is 5.56. The van der Waals surface area contributed by atoms with Crippen molar-refractivity contribution in [2.75, 3.05) is 13.7 Å². The van der Waals surface area contributed by atoms with Crippen LogP contribution in [0.5, 0.6) is 5.75 Å². The number of benzene rings is 1. The van der Waals surface area contributed by atoms with Crippen molar-refractivity contribution in [3.8, 4) is 5.75 Å². The highest BCUT2D eigenvalue weighted by Crippen LogP contribution is 2.20. The van der Waals surface area contributed by atoms with E-state index in [0.29, 0.717) is 24.4 Å². The molecular formula is C26H32FN3O9. The van der Waals surface area contributed by atoms with Gasteiger partial charge in [-0.15, -0.1) is 0 Å². The van der Waals surface area contributed by atoms with Gasteiger partial charge in [-0.3, -0.25) is 14.5 Å². The Morgan fingerprint density at radius 3 is 2.31 bits per heavy atom. The Bertz CT molecular complexity index is 1210. The van der Waals surface area contributed by atoms with Gasteiger partial charge in [-0.25, -0.2) is 14.2 Å². The van der Waals surface area contributed by atoms with Crippen LogP contribution in [0, 0.1) is 12.7 Å². The highest BCUT2D eigenvalue weighted by atomic mass is 19.1. The lowest BCUT2D eigenvalue weighted by Gasteiger charge is -2.22. The van der Waals surface area contributed by atoms with Crippen molar-refractivity contribution >= 4 is 17.9 Å². The Balaban J connectivity index is 0.000000349. The third-order valence-electron chi connectivity index (χ3n) is 5.56. The van der Waals surface area contributed by atoms with Gasteiger partial charge in [-0.2, -0.15) is 0 Å². The van der Waals surface area contributed by atoms with Gasteiger partial charge in [-0.05, 0) is 43.7 Å². The van der Waals surface area contributed by atoms with E-state index in [9.17, 15) is 18.8 Å². The zero-order valence-electron chi connectivity index (χ0n) is 21.6. The van der Waals surface area contributed by atoms with Gasteiger partial charge < -0.3 is 34.1 Å². The molecule has 4 N–H and O–H groups in total. The van der Waals surface area contributed by atoms with Crippen molar-refractivity contribution in [1.29, 1.82) is 0 Å². The van der Waals surface area contributed by atoms with Crippen LogP contribution < -0.4 is 4.74 Å². The summed E-state index contributed by atoms with van der Waals surface area (Å²) in [6.07, 6.45) is 4.17. The number of nitrogens with zero attached hydrogens (tertiary/aromatic N) is 3. The Morgan fingerprint density at radius 2 is 1.79 bits per heavy atom. The maximum atomic E-state index is 14.2. The molecule has 0 saturated carbocycles. The maximum absolute atomic E-state index is 14.2. The summed E-state index contributed by atoms with van der Waals surface area (Å²) in [6.45, 7) is 4.73. The average molecular weight is 550 g/mol. The molecule has 12 nitrogen and oxygen atoms in total. The van der Waals surface area contributed by atoms with Crippen molar-refractivity contribution in [2.45, 2.75) is 51.4 Å². The molecule has 212 valence electrons. The number of aliphatic carboxylic acids is 3. The molecule has 2 heterocycles. The molecule has 0 amide bonds. The minimum atomic E-state index is -2.74. The standard InChI is InChI=1S/C20H24FN3O2.C6H8O7/c1-16-4-5-19(26-16)14-24(10-3-9-23-11-8-22-15-23)13-17-12-18(25-2)6-7-20(17)21;7-3(8)1-6(13,5(11)12)2-4(9)10/h4-8,11-12,15H,3,9-10,13-14H2,1-2H3;13H,1-2H2,(H,7,8)(H,9,10)(H,11,12). The quantitative estimate of drug-likeness (QED) is 0.233. The molecule has 0 unspecified atom stereocenters. The normalized spacial score (nSPS) is 11.1. The first-order chi connectivity index (χ1) is 18.4. The Labute approximate surface area is 223 Å². The highest BCUT2D eigenvalue weighted by molar-refractivity contribution is 5.88. The van der Waals surface area contributed by atoms with Gasteiger partial charge in [0.25, 0.3) is 0 Å². The lowest BCUT2D eigenvalue weighted by atomic mass is 9.96. The second kappa shape index (κ2) is 14.6. The summed E-state index contributed by atoms with van der Waals surface area (Å²) in [6, 6.07) is 8.77. The Morgan fingerprint density at radius 1 is 1.10 bits per heavy atom. The van der Waals surface area contributed by atoms with Crippen LogP contribution in [0.15, 0.2) is 53.5 Å². The molecule has 0 radical (unpaired) electrons. The van der Waals surface area contributed by atoms with Crippen LogP contribution in [-0.2, 0) is 34.0 Å². The first-order valence-electron chi connectivity index (χ1n) is 11.9.